The van der Waals surface area contributed by atoms with Gasteiger partial charge in [-0.15, -0.1) is 11.8 Å². The summed E-state index contributed by atoms with van der Waals surface area (Å²) in [6.07, 6.45) is 9.90. The summed E-state index contributed by atoms with van der Waals surface area (Å²) in [5.74, 6) is 0.535. The maximum Gasteiger partial charge on any atom is 0.0549 e. The van der Waals surface area contributed by atoms with Gasteiger partial charge in [0.05, 0.1) is 6.10 Å². The Morgan fingerprint density at radius 1 is 1.06 bits per heavy atom. The minimum Gasteiger partial charge on any atom is -0.396 e. The number of fused-ring (bicyclic) bond motifs is 1. The van der Waals surface area contributed by atoms with E-state index in [1.165, 1.54) is 46.4 Å². The third kappa shape index (κ3) is 6.15. The van der Waals surface area contributed by atoms with Crippen LogP contribution >= 0.6 is 11.8 Å². The summed E-state index contributed by atoms with van der Waals surface area (Å²) in [5, 5.41) is 20.3. The van der Waals surface area contributed by atoms with Crippen LogP contribution in [0, 0.1) is 12.8 Å². The van der Waals surface area contributed by atoms with Gasteiger partial charge in [0.15, 0.2) is 0 Å². The molecular formula is C28H40O2S. The van der Waals surface area contributed by atoms with Crippen LogP contribution in [0.3, 0.4) is 0 Å². The standard InChI is InChI=1S/C28H40O2S/c1-5-7-22(18-29)16-24(30)14-19(2)28-17-23(27-9-6-8-26(27)20(28)3)15-21-10-12-25(31-4)13-11-21/h10-13,17,19,22,24,29-30H,5-9,14-16,18H2,1-4H3. The molecule has 0 aliphatic heterocycles. The van der Waals surface area contributed by atoms with Crippen molar-refractivity contribution in [2.75, 3.05) is 12.9 Å². The molecule has 0 fully saturated rings. The summed E-state index contributed by atoms with van der Waals surface area (Å²) in [6.45, 7) is 6.86. The van der Waals surface area contributed by atoms with E-state index in [9.17, 15) is 10.2 Å². The number of hydrogen-bond acceptors (Lipinski definition) is 3. The zero-order valence-corrected chi connectivity index (χ0v) is 20.6. The van der Waals surface area contributed by atoms with E-state index in [0.717, 1.165) is 25.7 Å². The molecule has 2 aromatic rings. The monoisotopic (exact) mass is 440 g/mol. The Morgan fingerprint density at radius 2 is 1.77 bits per heavy atom. The fourth-order valence-electron chi connectivity index (χ4n) is 5.41. The predicted molar refractivity (Wildman–Crippen MR) is 133 cm³/mol. The molecule has 0 amide bonds. The van der Waals surface area contributed by atoms with Crippen molar-refractivity contribution < 1.29 is 10.2 Å². The molecule has 0 saturated heterocycles. The van der Waals surface area contributed by atoms with Crippen LogP contribution in [0.15, 0.2) is 35.2 Å². The number of aliphatic hydroxyl groups excluding tert-OH is 2. The normalized spacial score (nSPS) is 16.2. The smallest absolute Gasteiger partial charge is 0.0549 e. The highest BCUT2D eigenvalue weighted by atomic mass is 32.2. The molecule has 0 saturated carbocycles. The second-order valence-corrected chi connectivity index (χ2v) is 10.3. The van der Waals surface area contributed by atoms with Crippen molar-refractivity contribution in [2.45, 2.75) is 89.1 Å². The van der Waals surface area contributed by atoms with Gasteiger partial charge in [-0.1, -0.05) is 38.5 Å². The Labute approximate surface area is 193 Å². The maximum absolute atomic E-state index is 10.7. The van der Waals surface area contributed by atoms with E-state index in [1.54, 1.807) is 22.9 Å². The zero-order valence-electron chi connectivity index (χ0n) is 19.8. The first-order valence-corrected chi connectivity index (χ1v) is 13.2. The van der Waals surface area contributed by atoms with E-state index in [2.05, 4.69) is 57.4 Å². The Bertz CT molecular complexity index is 843. The van der Waals surface area contributed by atoms with Gasteiger partial charge in [-0.2, -0.15) is 0 Å². The molecule has 3 heteroatoms. The van der Waals surface area contributed by atoms with Gasteiger partial charge >= 0.3 is 0 Å². The summed E-state index contributed by atoms with van der Waals surface area (Å²) < 4.78 is 0. The Balaban J connectivity index is 1.80. The first kappa shape index (κ1) is 24.4. The summed E-state index contributed by atoms with van der Waals surface area (Å²) in [5.41, 5.74) is 8.85. The molecule has 1 aliphatic carbocycles. The quantitative estimate of drug-likeness (QED) is 0.395. The van der Waals surface area contributed by atoms with Crippen LogP contribution in [-0.4, -0.2) is 29.2 Å². The lowest BCUT2D eigenvalue weighted by atomic mass is 9.83. The van der Waals surface area contributed by atoms with Crippen molar-refractivity contribution >= 4 is 11.8 Å². The van der Waals surface area contributed by atoms with Gasteiger partial charge in [0.25, 0.3) is 0 Å². The molecule has 0 heterocycles. The van der Waals surface area contributed by atoms with Gasteiger partial charge in [0.1, 0.15) is 0 Å². The van der Waals surface area contributed by atoms with Gasteiger partial charge in [0.2, 0.25) is 0 Å². The average molecular weight is 441 g/mol. The Kier molecular flexibility index (Phi) is 9.06. The second kappa shape index (κ2) is 11.5. The topological polar surface area (TPSA) is 40.5 Å². The van der Waals surface area contributed by atoms with E-state index >= 15 is 0 Å². The highest BCUT2D eigenvalue weighted by Crippen LogP contribution is 2.36. The lowest BCUT2D eigenvalue weighted by Crippen LogP contribution is -2.19. The lowest BCUT2D eigenvalue weighted by Gasteiger charge is -2.24. The predicted octanol–water partition coefficient (Wildman–Crippen LogP) is 6.45. The van der Waals surface area contributed by atoms with Crippen LogP contribution in [0.1, 0.15) is 85.3 Å². The van der Waals surface area contributed by atoms with Crippen LogP contribution in [0.25, 0.3) is 0 Å². The van der Waals surface area contributed by atoms with Crippen molar-refractivity contribution in [2.24, 2.45) is 5.92 Å². The highest BCUT2D eigenvalue weighted by molar-refractivity contribution is 7.98. The molecular weight excluding hydrogens is 400 g/mol. The number of benzene rings is 2. The van der Waals surface area contributed by atoms with Crippen molar-refractivity contribution in [3.63, 3.8) is 0 Å². The molecule has 31 heavy (non-hydrogen) atoms. The fraction of sp³-hybridized carbons (Fsp3) is 0.571. The van der Waals surface area contributed by atoms with Gasteiger partial charge in [0, 0.05) is 11.5 Å². The summed E-state index contributed by atoms with van der Waals surface area (Å²) >= 11 is 1.79. The van der Waals surface area contributed by atoms with Crippen molar-refractivity contribution in [3.8, 4) is 0 Å². The maximum atomic E-state index is 10.7. The molecule has 2 nitrogen and oxygen atoms in total. The Hall–Kier alpha value is -1.29. The minimum atomic E-state index is -0.353. The first-order chi connectivity index (χ1) is 15.0. The number of rotatable bonds is 11. The number of thioether (sulfide) groups is 1. The highest BCUT2D eigenvalue weighted by Gasteiger charge is 2.24. The minimum absolute atomic E-state index is 0.177. The van der Waals surface area contributed by atoms with Crippen LogP contribution < -0.4 is 0 Å². The molecule has 2 N–H and O–H groups in total. The lowest BCUT2D eigenvalue weighted by molar-refractivity contribution is 0.100. The molecule has 0 radical (unpaired) electrons. The molecule has 0 bridgehead atoms. The average Bonchev–Trinajstić information content (AvgIpc) is 3.26. The van der Waals surface area contributed by atoms with Crippen LogP contribution in [0.2, 0.25) is 0 Å². The molecule has 2 aromatic carbocycles. The van der Waals surface area contributed by atoms with Gasteiger partial charge in [-0.25, -0.2) is 0 Å². The van der Waals surface area contributed by atoms with Crippen LogP contribution in [0.5, 0.6) is 0 Å². The summed E-state index contributed by atoms with van der Waals surface area (Å²) in [7, 11) is 0. The number of aliphatic hydroxyl groups is 2. The second-order valence-electron chi connectivity index (χ2n) is 9.45. The van der Waals surface area contributed by atoms with E-state index in [1.807, 2.05) is 0 Å². The van der Waals surface area contributed by atoms with E-state index < -0.39 is 0 Å². The molecule has 3 atom stereocenters. The molecule has 3 rings (SSSR count). The molecule has 1 aliphatic rings. The summed E-state index contributed by atoms with van der Waals surface area (Å²) in [4.78, 5) is 1.31. The SMILES string of the molecule is CCCC(CO)CC(O)CC(C)c1cc(Cc2ccc(SC)cc2)c2c(c1C)CCC2. The van der Waals surface area contributed by atoms with Crippen LogP contribution in [0.4, 0.5) is 0 Å². The number of hydrogen-bond donors (Lipinski definition) is 2. The summed E-state index contributed by atoms with van der Waals surface area (Å²) in [6, 6.07) is 11.4. The first-order valence-electron chi connectivity index (χ1n) is 12.0. The molecule has 170 valence electrons. The van der Waals surface area contributed by atoms with Gasteiger partial charge < -0.3 is 10.2 Å². The molecule has 3 unspecified atom stereocenters. The zero-order chi connectivity index (χ0) is 22.4. The molecule has 0 spiro atoms. The third-order valence-electron chi connectivity index (χ3n) is 7.09. The van der Waals surface area contributed by atoms with E-state index in [0.29, 0.717) is 12.3 Å². The van der Waals surface area contributed by atoms with Crippen LogP contribution in [-0.2, 0) is 19.3 Å². The van der Waals surface area contributed by atoms with Crippen molar-refractivity contribution in [1.29, 1.82) is 0 Å². The third-order valence-corrected chi connectivity index (χ3v) is 7.84. The van der Waals surface area contributed by atoms with Gasteiger partial charge in [-0.05, 0) is 115 Å². The Morgan fingerprint density at radius 3 is 2.42 bits per heavy atom. The van der Waals surface area contributed by atoms with Crippen molar-refractivity contribution in [3.05, 3.63) is 63.7 Å². The van der Waals surface area contributed by atoms with Gasteiger partial charge in [-0.3, -0.25) is 0 Å². The largest absolute Gasteiger partial charge is 0.396 e. The van der Waals surface area contributed by atoms with E-state index in [4.69, 9.17) is 0 Å². The molecule has 0 aromatic heterocycles. The van der Waals surface area contributed by atoms with E-state index in [-0.39, 0.29) is 18.6 Å². The fourth-order valence-corrected chi connectivity index (χ4v) is 5.82. The van der Waals surface area contributed by atoms with Crippen molar-refractivity contribution in [1.82, 2.24) is 0 Å².